The molecule has 2 aromatic carbocycles. The Morgan fingerprint density at radius 2 is 2.00 bits per heavy atom. The van der Waals surface area contributed by atoms with E-state index in [0.717, 1.165) is 11.3 Å². The predicted octanol–water partition coefficient (Wildman–Crippen LogP) is 4.45. The maximum atomic E-state index is 12.1. The molecular formula is C20H17ClN4O3. The second-order valence-corrected chi connectivity index (χ2v) is 6.57. The summed E-state index contributed by atoms with van der Waals surface area (Å²) in [6.07, 6.45) is 2.83. The van der Waals surface area contributed by atoms with Gasteiger partial charge in [-0.05, 0) is 36.3 Å². The quantitative estimate of drug-likeness (QED) is 0.378. The number of hydrogen-bond acceptors (Lipinski definition) is 4. The number of halogens is 1. The van der Waals surface area contributed by atoms with Crippen molar-refractivity contribution in [3.63, 3.8) is 0 Å². The van der Waals surface area contributed by atoms with Gasteiger partial charge in [-0.25, -0.2) is 0 Å². The smallest absolute Gasteiger partial charge is 0.270 e. The molecule has 1 heterocycles. The largest absolute Gasteiger partial charge is 0.306 e. The van der Waals surface area contributed by atoms with E-state index in [4.69, 9.17) is 11.6 Å². The first kappa shape index (κ1) is 19.3. The highest BCUT2D eigenvalue weighted by Gasteiger charge is 2.08. The van der Waals surface area contributed by atoms with Gasteiger partial charge >= 0.3 is 0 Å². The van der Waals surface area contributed by atoms with Crippen LogP contribution in [0.1, 0.15) is 16.8 Å². The number of aromatic nitrogens is 2. The minimum Gasteiger partial charge on any atom is -0.306 e. The number of benzene rings is 2. The van der Waals surface area contributed by atoms with Crippen LogP contribution in [0, 0.1) is 17.0 Å². The molecule has 3 aromatic rings. The number of nitro benzene ring substituents is 1. The fraction of sp³-hybridized carbons (Fsp3) is 0.100. The first-order valence-corrected chi connectivity index (χ1v) is 8.81. The third-order valence-electron chi connectivity index (χ3n) is 3.99. The fourth-order valence-corrected chi connectivity index (χ4v) is 2.70. The average molecular weight is 397 g/mol. The maximum Gasteiger partial charge on any atom is 0.270 e. The van der Waals surface area contributed by atoms with Crippen molar-refractivity contribution in [2.24, 2.45) is 0 Å². The number of carbonyl (C=O) groups is 1. The van der Waals surface area contributed by atoms with E-state index < -0.39 is 4.92 Å². The second-order valence-electron chi connectivity index (χ2n) is 6.13. The number of non-ortho nitro benzene ring substituents is 1. The van der Waals surface area contributed by atoms with Crippen molar-refractivity contribution in [2.75, 3.05) is 5.32 Å². The van der Waals surface area contributed by atoms with Crippen LogP contribution in [-0.4, -0.2) is 20.6 Å². The Balaban J connectivity index is 1.65. The molecule has 0 spiro atoms. The summed E-state index contributed by atoms with van der Waals surface area (Å²) in [5.74, 6) is 0.0582. The lowest BCUT2D eigenvalue weighted by Crippen LogP contribution is -2.09. The Bertz CT molecular complexity index is 1040. The van der Waals surface area contributed by atoms with Gasteiger partial charge in [0, 0.05) is 35.0 Å². The highest BCUT2D eigenvalue weighted by molar-refractivity contribution is 6.30. The average Bonchev–Trinajstić information content (AvgIpc) is 3.01. The molecule has 0 aliphatic heterocycles. The number of hydrogen-bond donors (Lipinski definition) is 1. The molecule has 1 N–H and O–H groups in total. The lowest BCUT2D eigenvalue weighted by molar-refractivity contribution is -0.384. The molecule has 0 radical (unpaired) electrons. The van der Waals surface area contributed by atoms with Gasteiger partial charge in [0.25, 0.3) is 5.69 Å². The van der Waals surface area contributed by atoms with E-state index in [0.29, 0.717) is 22.9 Å². The SMILES string of the molecule is Cc1cc(NC(=O)/C=C/c2cccc([N+](=O)[O-])c2)nn1Cc1ccc(Cl)cc1. The lowest BCUT2D eigenvalue weighted by atomic mass is 10.2. The topological polar surface area (TPSA) is 90.1 Å². The molecule has 1 aromatic heterocycles. The zero-order chi connectivity index (χ0) is 20.1. The molecule has 142 valence electrons. The van der Waals surface area contributed by atoms with E-state index >= 15 is 0 Å². The van der Waals surface area contributed by atoms with Gasteiger partial charge in [-0.15, -0.1) is 0 Å². The van der Waals surface area contributed by atoms with Gasteiger partial charge in [-0.1, -0.05) is 35.9 Å². The van der Waals surface area contributed by atoms with Crippen molar-refractivity contribution < 1.29 is 9.72 Å². The van der Waals surface area contributed by atoms with Crippen molar-refractivity contribution in [2.45, 2.75) is 13.5 Å². The third kappa shape index (κ3) is 5.05. The van der Waals surface area contributed by atoms with Crippen LogP contribution in [0.25, 0.3) is 6.08 Å². The Kier molecular flexibility index (Phi) is 5.86. The van der Waals surface area contributed by atoms with Crippen LogP contribution in [0.4, 0.5) is 11.5 Å². The molecule has 28 heavy (non-hydrogen) atoms. The minimum absolute atomic E-state index is 0.0286. The second kappa shape index (κ2) is 8.49. The van der Waals surface area contributed by atoms with Gasteiger partial charge < -0.3 is 5.32 Å². The summed E-state index contributed by atoms with van der Waals surface area (Å²) in [5, 5.41) is 18.6. The minimum atomic E-state index is -0.479. The molecule has 0 atom stereocenters. The molecule has 1 amide bonds. The molecule has 0 aliphatic rings. The number of rotatable bonds is 6. The first-order chi connectivity index (χ1) is 13.4. The van der Waals surface area contributed by atoms with Gasteiger partial charge in [0.2, 0.25) is 5.91 Å². The molecule has 0 fully saturated rings. The molecule has 0 bridgehead atoms. The van der Waals surface area contributed by atoms with E-state index in [1.807, 2.05) is 31.2 Å². The van der Waals surface area contributed by atoms with Gasteiger partial charge in [0.15, 0.2) is 5.82 Å². The van der Waals surface area contributed by atoms with Crippen LogP contribution in [0.2, 0.25) is 5.02 Å². The zero-order valence-electron chi connectivity index (χ0n) is 15.0. The van der Waals surface area contributed by atoms with E-state index in [1.54, 1.807) is 22.9 Å². The van der Waals surface area contributed by atoms with Crippen LogP contribution in [0.5, 0.6) is 0 Å². The summed E-state index contributed by atoms with van der Waals surface area (Å²) in [4.78, 5) is 22.4. The molecular weight excluding hydrogens is 380 g/mol. The summed E-state index contributed by atoms with van der Waals surface area (Å²) in [5.41, 5.74) is 2.47. The molecule has 3 rings (SSSR count). The van der Waals surface area contributed by atoms with Crippen LogP contribution in [-0.2, 0) is 11.3 Å². The molecule has 0 unspecified atom stereocenters. The van der Waals surface area contributed by atoms with E-state index in [2.05, 4.69) is 10.4 Å². The van der Waals surface area contributed by atoms with Crippen molar-refractivity contribution in [1.82, 2.24) is 9.78 Å². The Morgan fingerprint density at radius 1 is 1.25 bits per heavy atom. The molecule has 0 saturated heterocycles. The highest BCUT2D eigenvalue weighted by Crippen LogP contribution is 2.16. The van der Waals surface area contributed by atoms with E-state index in [-0.39, 0.29) is 11.6 Å². The Labute approximate surface area is 166 Å². The van der Waals surface area contributed by atoms with Crippen LogP contribution in [0.15, 0.2) is 60.7 Å². The number of nitrogens with zero attached hydrogens (tertiary/aromatic N) is 3. The van der Waals surface area contributed by atoms with E-state index in [9.17, 15) is 14.9 Å². The number of amides is 1. The standard InChI is InChI=1S/C20H17ClN4O3/c1-14-11-19(23-24(14)13-16-5-8-17(21)9-6-16)22-20(26)10-7-15-3-2-4-18(12-15)25(27)28/h2-12H,13H2,1H3,(H,22,23,26)/b10-7+. The van der Waals surface area contributed by atoms with Crippen LogP contribution in [0.3, 0.4) is 0 Å². The third-order valence-corrected chi connectivity index (χ3v) is 4.24. The summed E-state index contributed by atoms with van der Waals surface area (Å²) in [6.45, 7) is 2.46. The van der Waals surface area contributed by atoms with Crippen molar-refractivity contribution in [1.29, 1.82) is 0 Å². The summed E-state index contributed by atoms with van der Waals surface area (Å²) in [6, 6.07) is 15.3. The van der Waals surface area contributed by atoms with Crippen molar-refractivity contribution in [3.8, 4) is 0 Å². The first-order valence-electron chi connectivity index (χ1n) is 8.43. The number of nitro groups is 1. The fourth-order valence-electron chi connectivity index (χ4n) is 2.58. The Morgan fingerprint density at radius 3 is 2.71 bits per heavy atom. The van der Waals surface area contributed by atoms with Gasteiger partial charge in [-0.2, -0.15) is 5.10 Å². The van der Waals surface area contributed by atoms with Crippen molar-refractivity contribution >= 4 is 35.1 Å². The molecule has 7 nitrogen and oxygen atoms in total. The van der Waals surface area contributed by atoms with Gasteiger partial charge in [0.1, 0.15) is 0 Å². The summed E-state index contributed by atoms with van der Waals surface area (Å²) < 4.78 is 1.78. The summed E-state index contributed by atoms with van der Waals surface area (Å²) >= 11 is 5.90. The van der Waals surface area contributed by atoms with Crippen molar-refractivity contribution in [3.05, 3.63) is 92.6 Å². The number of carbonyl (C=O) groups excluding carboxylic acids is 1. The number of aryl methyl sites for hydroxylation is 1. The zero-order valence-corrected chi connectivity index (χ0v) is 15.8. The van der Waals surface area contributed by atoms with Gasteiger partial charge in [-0.3, -0.25) is 19.6 Å². The van der Waals surface area contributed by atoms with Crippen LogP contribution < -0.4 is 5.32 Å². The predicted molar refractivity (Wildman–Crippen MR) is 108 cm³/mol. The summed E-state index contributed by atoms with van der Waals surface area (Å²) in [7, 11) is 0. The number of nitrogens with one attached hydrogen (secondary N) is 1. The highest BCUT2D eigenvalue weighted by atomic mass is 35.5. The Hall–Kier alpha value is -3.45. The van der Waals surface area contributed by atoms with E-state index in [1.165, 1.54) is 24.3 Å². The maximum absolute atomic E-state index is 12.1. The normalized spacial score (nSPS) is 10.9. The number of anilines is 1. The molecule has 0 saturated carbocycles. The van der Waals surface area contributed by atoms with Crippen LogP contribution >= 0.6 is 11.6 Å². The molecule has 8 heteroatoms. The van der Waals surface area contributed by atoms with Gasteiger partial charge in [0.05, 0.1) is 11.5 Å². The monoisotopic (exact) mass is 396 g/mol. The molecule has 0 aliphatic carbocycles. The lowest BCUT2D eigenvalue weighted by Gasteiger charge is -2.04.